The largest absolute Gasteiger partial charge is 0.464 e. The van der Waals surface area contributed by atoms with E-state index in [9.17, 15) is 29.3 Å². The van der Waals surface area contributed by atoms with Crippen molar-refractivity contribution in [2.45, 2.75) is 33.2 Å². The number of nitro groups is 1. The van der Waals surface area contributed by atoms with E-state index >= 15 is 0 Å². The van der Waals surface area contributed by atoms with Crippen LogP contribution in [0.3, 0.4) is 0 Å². The molecule has 256 valence electrons. The van der Waals surface area contributed by atoms with Gasteiger partial charge in [-0.2, -0.15) is 0 Å². The summed E-state index contributed by atoms with van der Waals surface area (Å²) in [5, 5.41) is 14.2. The minimum atomic E-state index is -1.06. The molecule has 4 rings (SSSR count). The third-order valence-electron chi connectivity index (χ3n) is 7.75. The maximum Gasteiger partial charge on any atom is 0.338 e. The molecule has 0 spiro atoms. The number of carbonyl (C=O) groups is 4. The van der Waals surface area contributed by atoms with E-state index in [-0.39, 0.29) is 48.2 Å². The molecule has 1 N–H and O–H groups in total. The first kappa shape index (κ1) is 36.2. The highest BCUT2D eigenvalue weighted by Crippen LogP contribution is 2.41. The zero-order valence-electron chi connectivity index (χ0n) is 27.7. The number of ether oxygens (including phenoxy) is 3. The summed E-state index contributed by atoms with van der Waals surface area (Å²) in [7, 11) is 1.90. The van der Waals surface area contributed by atoms with Crippen molar-refractivity contribution in [1.82, 2.24) is 4.90 Å². The van der Waals surface area contributed by atoms with Gasteiger partial charge in [0.15, 0.2) is 0 Å². The van der Waals surface area contributed by atoms with E-state index in [1.807, 2.05) is 42.3 Å². The van der Waals surface area contributed by atoms with E-state index in [0.29, 0.717) is 30.1 Å². The fourth-order valence-electron chi connectivity index (χ4n) is 5.49. The van der Waals surface area contributed by atoms with Crippen LogP contribution in [0.1, 0.15) is 48.2 Å². The zero-order valence-corrected chi connectivity index (χ0v) is 27.7. The number of nitro benzene ring substituents is 1. The molecule has 3 aromatic carbocycles. The molecule has 1 unspecified atom stereocenters. The van der Waals surface area contributed by atoms with Gasteiger partial charge in [-0.1, -0.05) is 42.5 Å². The molecule has 1 amide bonds. The standard InChI is InChI=1S/C36H38N4O9/c1-23-31(35(43)47-18-17-39(4)22-26-9-6-5-7-10-26)33(28-11-8-12-30(21-28)40(45)46)32(24(2)37-23)36(44)49-20-19-48-34(42)27-13-15-29(16-14-27)38-25(3)41/h5-16,21,31,33H,17-20,22H2,1-4H3,(H,38,41)/t31?,33-/m1/s1. The molecule has 2 atom stereocenters. The molecular formula is C36H38N4O9. The Labute approximate surface area is 283 Å². The predicted molar refractivity (Wildman–Crippen MR) is 181 cm³/mol. The number of benzene rings is 3. The zero-order chi connectivity index (χ0) is 35.5. The number of nitrogens with zero attached hydrogens (tertiary/aromatic N) is 3. The van der Waals surface area contributed by atoms with Crippen molar-refractivity contribution in [3.05, 3.63) is 117 Å². The molecule has 13 heteroatoms. The third kappa shape index (κ3) is 9.91. The fraction of sp³-hybridized carbons (Fsp3) is 0.306. The van der Waals surface area contributed by atoms with E-state index in [0.717, 1.165) is 5.56 Å². The van der Waals surface area contributed by atoms with Crippen LogP contribution in [0.25, 0.3) is 0 Å². The number of aliphatic imine (C=N–C) groups is 1. The van der Waals surface area contributed by atoms with Gasteiger partial charge < -0.3 is 19.5 Å². The smallest absolute Gasteiger partial charge is 0.338 e. The summed E-state index contributed by atoms with van der Waals surface area (Å²) in [6.45, 7) is 5.18. The van der Waals surface area contributed by atoms with Gasteiger partial charge in [0.05, 0.1) is 16.1 Å². The topological polar surface area (TPSA) is 167 Å². The van der Waals surface area contributed by atoms with Gasteiger partial charge in [-0.15, -0.1) is 0 Å². The summed E-state index contributed by atoms with van der Waals surface area (Å²) in [6, 6.07) is 21.6. The third-order valence-corrected chi connectivity index (χ3v) is 7.75. The van der Waals surface area contributed by atoms with Gasteiger partial charge >= 0.3 is 17.9 Å². The molecule has 0 fully saturated rings. The highest BCUT2D eigenvalue weighted by Gasteiger charge is 2.43. The lowest BCUT2D eigenvalue weighted by molar-refractivity contribution is -0.384. The number of nitrogens with one attached hydrogen (secondary N) is 1. The van der Waals surface area contributed by atoms with Crippen LogP contribution in [0.2, 0.25) is 0 Å². The molecule has 13 nitrogen and oxygen atoms in total. The Hall–Kier alpha value is -5.69. The Morgan fingerprint density at radius 2 is 1.55 bits per heavy atom. The number of hydrogen-bond donors (Lipinski definition) is 1. The van der Waals surface area contributed by atoms with Crippen LogP contribution in [0, 0.1) is 16.0 Å². The van der Waals surface area contributed by atoms with Gasteiger partial charge in [0.25, 0.3) is 5.69 Å². The van der Waals surface area contributed by atoms with Crippen LogP contribution in [-0.4, -0.2) is 72.8 Å². The van der Waals surface area contributed by atoms with Crippen molar-refractivity contribution in [3.8, 4) is 0 Å². The van der Waals surface area contributed by atoms with E-state index in [1.165, 1.54) is 37.3 Å². The monoisotopic (exact) mass is 670 g/mol. The predicted octanol–water partition coefficient (Wildman–Crippen LogP) is 5.08. The molecule has 1 heterocycles. The van der Waals surface area contributed by atoms with Crippen molar-refractivity contribution < 1.29 is 38.3 Å². The lowest BCUT2D eigenvalue weighted by Crippen LogP contribution is -2.37. The average Bonchev–Trinajstić information content (AvgIpc) is 3.06. The molecule has 1 aliphatic heterocycles. The molecule has 49 heavy (non-hydrogen) atoms. The van der Waals surface area contributed by atoms with Gasteiger partial charge in [-0.3, -0.25) is 29.6 Å². The second-order valence-electron chi connectivity index (χ2n) is 11.5. The van der Waals surface area contributed by atoms with Crippen LogP contribution >= 0.6 is 0 Å². The Balaban J connectivity index is 1.46. The average molecular weight is 671 g/mol. The Bertz CT molecular complexity index is 1750. The number of likely N-dealkylation sites (N-methyl/N-ethyl adjacent to an activating group) is 1. The Morgan fingerprint density at radius 3 is 2.20 bits per heavy atom. The molecule has 0 aromatic heterocycles. The van der Waals surface area contributed by atoms with E-state index in [1.54, 1.807) is 32.0 Å². The quantitative estimate of drug-likeness (QED) is 0.0804. The maximum atomic E-state index is 13.7. The van der Waals surface area contributed by atoms with Crippen molar-refractivity contribution in [2.75, 3.05) is 38.7 Å². The normalized spacial score (nSPS) is 15.7. The lowest BCUT2D eigenvalue weighted by atomic mass is 9.75. The van der Waals surface area contributed by atoms with Crippen LogP contribution in [0.15, 0.2) is 95.1 Å². The highest BCUT2D eigenvalue weighted by atomic mass is 16.6. The Morgan fingerprint density at radius 1 is 0.878 bits per heavy atom. The molecule has 0 saturated heterocycles. The molecule has 0 aliphatic carbocycles. The molecular weight excluding hydrogens is 632 g/mol. The van der Waals surface area contributed by atoms with Gasteiger partial charge in [0, 0.05) is 55.2 Å². The molecule has 0 bridgehead atoms. The summed E-state index contributed by atoms with van der Waals surface area (Å²) >= 11 is 0. The van der Waals surface area contributed by atoms with Gasteiger partial charge in [0.1, 0.15) is 25.7 Å². The second-order valence-corrected chi connectivity index (χ2v) is 11.5. The van der Waals surface area contributed by atoms with Crippen LogP contribution in [0.5, 0.6) is 0 Å². The van der Waals surface area contributed by atoms with E-state index in [4.69, 9.17) is 14.2 Å². The first-order valence-corrected chi connectivity index (χ1v) is 15.6. The van der Waals surface area contributed by atoms with Gasteiger partial charge in [-0.25, -0.2) is 9.59 Å². The van der Waals surface area contributed by atoms with Crippen molar-refractivity contribution >= 4 is 40.9 Å². The number of non-ortho nitro benzene ring substituents is 1. The molecule has 3 aromatic rings. The van der Waals surface area contributed by atoms with Crippen molar-refractivity contribution in [3.63, 3.8) is 0 Å². The summed E-state index contributed by atoms with van der Waals surface area (Å²) < 4.78 is 16.4. The minimum absolute atomic E-state index is 0.0362. The molecule has 0 saturated carbocycles. The van der Waals surface area contributed by atoms with Crippen LogP contribution in [-0.2, 0) is 35.1 Å². The van der Waals surface area contributed by atoms with Crippen molar-refractivity contribution in [2.24, 2.45) is 10.9 Å². The number of rotatable bonds is 14. The van der Waals surface area contributed by atoms with E-state index < -0.39 is 34.7 Å². The summed E-state index contributed by atoms with van der Waals surface area (Å²) in [5.74, 6) is -4.43. The summed E-state index contributed by atoms with van der Waals surface area (Å²) in [4.78, 5) is 68.5. The summed E-state index contributed by atoms with van der Waals surface area (Å²) in [6.07, 6.45) is 0. The van der Waals surface area contributed by atoms with Crippen LogP contribution in [0.4, 0.5) is 11.4 Å². The van der Waals surface area contributed by atoms with Crippen molar-refractivity contribution in [1.29, 1.82) is 0 Å². The van der Waals surface area contributed by atoms with Gasteiger partial charge in [0.2, 0.25) is 5.91 Å². The van der Waals surface area contributed by atoms with Gasteiger partial charge in [-0.05, 0) is 56.3 Å². The first-order chi connectivity index (χ1) is 23.4. The fourth-order valence-corrected chi connectivity index (χ4v) is 5.49. The SMILES string of the molecule is CC(=O)Nc1ccc(C(=O)OCCOC(=O)C2=C(C)N=C(C)C(C(=O)OCCN(C)Cc3ccccc3)[C@H]2c2cccc([N+](=O)[O-])c2)cc1. The second kappa shape index (κ2) is 16.9. The lowest BCUT2D eigenvalue weighted by Gasteiger charge is -2.31. The first-order valence-electron chi connectivity index (χ1n) is 15.6. The number of hydrogen-bond acceptors (Lipinski definition) is 11. The highest BCUT2D eigenvalue weighted by molar-refractivity contribution is 6.07. The maximum absolute atomic E-state index is 13.7. The molecule has 1 aliphatic rings. The number of esters is 3. The molecule has 0 radical (unpaired) electrons. The number of allylic oxidation sites excluding steroid dienone is 1. The van der Waals surface area contributed by atoms with E-state index in [2.05, 4.69) is 10.3 Å². The minimum Gasteiger partial charge on any atom is -0.464 e. The number of anilines is 1. The van der Waals surface area contributed by atoms with Crippen LogP contribution < -0.4 is 5.32 Å². The summed E-state index contributed by atoms with van der Waals surface area (Å²) in [5.41, 5.74) is 2.68. The number of amides is 1. The Kier molecular flexibility index (Phi) is 12.5. The number of carbonyl (C=O) groups excluding carboxylic acids is 4.